The third kappa shape index (κ3) is 2.85. The molecule has 0 spiro atoms. The SMILES string of the molecule is C/C=C/[C@@H](C(C)C)[Si](C)(C)c1ccccc1. The Kier molecular flexibility index (Phi) is 4.54. The van der Waals surface area contributed by atoms with Crippen LogP contribution in [0.5, 0.6) is 0 Å². The van der Waals surface area contributed by atoms with Gasteiger partial charge in [0.1, 0.15) is 0 Å². The molecule has 0 radical (unpaired) electrons. The number of benzene rings is 1. The van der Waals surface area contributed by atoms with Crippen molar-refractivity contribution >= 4 is 13.3 Å². The van der Waals surface area contributed by atoms with Gasteiger partial charge in [0.15, 0.2) is 0 Å². The van der Waals surface area contributed by atoms with Gasteiger partial charge in [0.05, 0.1) is 8.07 Å². The summed E-state index contributed by atoms with van der Waals surface area (Å²) in [5.74, 6) is 0.720. The van der Waals surface area contributed by atoms with Gasteiger partial charge >= 0.3 is 0 Å². The molecule has 0 aliphatic heterocycles. The van der Waals surface area contributed by atoms with Crippen molar-refractivity contribution in [2.75, 3.05) is 0 Å². The topological polar surface area (TPSA) is 0 Å². The Morgan fingerprint density at radius 1 is 1.06 bits per heavy atom. The maximum atomic E-state index is 2.48. The van der Waals surface area contributed by atoms with Crippen LogP contribution >= 0.6 is 0 Å². The number of hydrogen-bond acceptors (Lipinski definition) is 0. The Labute approximate surface area is 101 Å². The monoisotopic (exact) mass is 232 g/mol. The molecular formula is C15H24Si. The summed E-state index contributed by atoms with van der Waals surface area (Å²) < 4.78 is 0. The van der Waals surface area contributed by atoms with Gasteiger partial charge in [0, 0.05) is 0 Å². The van der Waals surface area contributed by atoms with Gasteiger partial charge in [0.25, 0.3) is 0 Å². The predicted molar refractivity (Wildman–Crippen MR) is 77.0 cm³/mol. The smallest absolute Gasteiger partial charge is 0.0876 e. The lowest BCUT2D eigenvalue weighted by Crippen LogP contribution is -2.47. The van der Waals surface area contributed by atoms with Gasteiger partial charge in [-0.1, -0.05) is 74.6 Å². The van der Waals surface area contributed by atoms with Crippen LogP contribution in [0.2, 0.25) is 18.6 Å². The maximum Gasteiger partial charge on any atom is 0.0876 e. The van der Waals surface area contributed by atoms with Crippen molar-refractivity contribution < 1.29 is 0 Å². The second-order valence-electron chi connectivity index (χ2n) is 5.38. The van der Waals surface area contributed by atoms with Gasteiger partial charge in [-0.2, -0.15) is 0 Å². The van der Waals surface area contributed by atoms with Crippen LogP contribution < -0.4 is 5.19 Å². The van der Waals surface area contributed by atoms with E-state index in [1.54, 1.807) is 5.19 Å². The third-order valence-electron chi connectivity index (χ3n) is 3.47. The lowest BCUT2D eigenvalue weighted by atomic mass is 10.1. The molecule has 0 saturated heterocycles. The zero-order chi connectivity index (χ0) is 12.2. The van der Waals surface area contributed by atoms with E-state index in [9.17, 15) is 0 Å². The lowest BCUT2D eigenvalue weighted by Gasteiger charge is -2.34. The number of rotatable bonds is 4. The van der Waals surface area contributed by atoms with Crippen LogP contribution in [0.3, 0.4) is 0 Å². The van der Waals surface area contributed by atoms with E-state index < -0.39 is 8.07 Å². The van der Waals surface area contributed by atoms with E-state index in [0.29, 0.717) is 0 Å². The van der Waals surface area contributed by atoms with Gasteiger partial charge in [0.2, 0.25) is 0 Å². The van der Waals surface area contributed by atoms with Crippen LogP contribution in [0.15, 0.2) is 42.5 Å². The Balaban J connectivity index is 3.07. The van der Waals surface area contributed by atoms with Crippen LogP contribution in [0.4, 0.5) is 0 Å². The lowest BCUT2D eigenvalue weighted by molar-refractivity contribution is 0.646. The third-order valence-corrected chi connectivity index (χ3v) is 7.82. The molecule has 0 unspecified atom stereocenters. The fourth-order valence-corrected chi connectivity index (χ4v) is 6.34. The fourth-order valence-electron chi connectivity index (χ4n) is 2.56. The van der Waals surface area contributed by atoms with E-state index in [-0.39, 0.29) is 0 Å². The van der Waals surface area contributed by atoms with E-state index in [2.05, 4.69) is 76.3 Å². The molecule has 0 nitrogen and oxygen atoms in total. The summed E-state index contributed by atoms with van der Waals surface area (Å²) in [5.41, 5.74) is 0.722. The minimum atomic E-state index is -1.38. The van der Waals surface area contributed by atoms with Crippen molar-refractivity contribution in [2.24, 2.45) is 5.92 Å². The second kappa shape index (κ2) is 5.49. The first-order valence-corrected chi connectivity index (χ1v) is 9.26. The molecule has 1 aromatic rings. The molecule has 0 saturated carbocycles. The summed E-state index contributed by atoms with van der Waals surface area (Å²) in [6.07, 6.45) is 4.62. The molecule has 88 valence electrons. The summed E-state index contributed by atoms with van der Waals surface area (Å²) in [6, 6.07) is 11.0. The van der Waals surface area contributed by atoms with Gasteiger partial charge in [-0.05, 0) is 18.4 Å². The molecule has 0 heterocycles. The zero-order valence-corrected chi connectivity index (χ0v) is 12.2. The maximum absolute atomic E-state index is 2.48. The van der Waals surface area contributed by atoms with E-state index in [0.717, 1.165) is 11.5 Å². The average molecular weight is 232 g/mol. The summed E-state index contributed by atoms with van der Waals surface area (Å²) in [6.45, 7) is 11.8. The predicted octanol–water partition coefficient (Wildman–Crippen LogP) is 4.20. The van der Waals surface area contributed by atoms with Crippen molar-refractivity contribution in [1.29, 1.82) is 0 Å². The molecule has 0 bridgehead atoms. The van der Waals surface area contributed by atoms with Crippen molar-refractivity contribution in [3.05, 3.63) is 42.5 Å². The Bertz CT molecular complexity index is 336. The highest BCUT2D eigenvalue weighted by Gasteiger charge is 2.33. The van der Waals surface area contributed by atoms with Gasteiger partial charge < -0.3 is 0 Å². The van der Waals surface area contributed by atoms with E-state index in [1.807, 2.05) is 0 Å². The standard InChI is InChI=1S/C15H24Si/c1-6-10-15(13(2)3)16(4,5)14-11-8-7-9-12-14/h6-13,15H,1-5H3/b10-6+/t15-/m0/s1. The van der Waals surface area contributed by atoms with Crippen molar-refractivity contribution in [3.8, 4) is 0 Å². The van der Waals surface area contributed by atoms with Crippen LogP contribution in [-0.4, -0.2) is 8.07 Å². The quantitative estimate of drug-likeness (QED) is 0.539. The van der Waals surface area contributed by atoms with Gasteiger partial charge in [-0.15, -0.1) is 0 Å². The van der Waals surface area contributed by atoms with Crippen LogP contribution in [0, 0.1) is 5.92 Å². The highest BCUT2D eigenvalue weighted by molar-refractivity contribution is 6.91. The van der Waals surface area contributed by atoms with Gasteiger partial charge in [-0.25, -0.2) is 0 Å². The first kappa shape index (κ1) is 13.2. The fraction of sp³-hybridized carbons (Fsp3) is 0.467. The summed E-state index contributed by atoms with van der Waals surface area (Å²) in [5, 5.41) is 1.56. The van der Waals surface area contributed by atoms with Crippen LogP contribution in [-0.2, 0) is 0 Å². The zero-order valence-electron chi connectivity index (χ0n) is 11.2. The van der Waals surface area contributed by atoms with Crippen molar-refractivity contribution in [1.82, 2.24) is 0 Å². The molecule has 0 fully saturated rings. The molecule has 1 atom stereocenters. The van der Waals surface area contributed by atoms with E-state index >= 15 is 0 Å². The normalized spacial score (nSPS) is 14.6. The first-order valence-electron chi connectivity index (χ1n) is 6.18. The largest absolute Gasteiger partial charge is 0.0917 e. The average Bonchev–Trinajstić information content (AvgIpc) is 2.26. The molecule has 1 heteroatoms. The minimum absolute atomic E-state index is 0.720. The molecule has 0 aliphatic carbocycles. The molecule has 0 N–H and O–H groups in total. The molecule has 0 amide bonds. The second-order valence-corrected chi connectivity index (χ2v) is 10.1. The van der Waals surface area contributed by atoms with E-state index in [1.165, 1.54) is 0 Å². The molecule has 0 aliphatic rings. The Morgan fingerprint density at radius 3 is 2.06 bits per heavy atom. The Hall–Kier alpha value is -0.823. The first-order chi connectivity index (χ1) is 7.50. The van der Waals surface area contributed by atoms with Crippen LogP contribution in [0.1, 0.15) is 20.8 Å². The summed E-state index contributed by atoms with van der Waals surface area (Å²) in [4.78, 5) is 0. The Morgan fingerprint density at radius 2 is 1.62 bits per heavy atom. The number of allylic oxidation sites excluding steroid dienone is 2. The highest BCUT2D eigenvalue weighted by atomic mass is 28.3. The summed E-state index contributed by atoms with van der Waals surface area (Å²) >= 11 is 0. The van der Waals surface area contributed by atoms with Crippen molar-refractivity contribution in [3.63, 3.8) is 0 Å². The summed E-state index contributed by atoms with van der Waals surface area (Å²) in [7, 11) is -1.38. The van der Waals surface area contributed by atoms with E-state index in [4.69, 9.17) is 0 Å². The highest BCUT2D eigenvalue weighted by Crippen LogP contribution is 2.31. The molecular weight excluding hydrogens is 208 g/mol. The van der Waals surface area contributed by atoms with Crippen LogP contribution in [0.25, 0.3) is 0 Å². The molecule has 0 aromatic heterocycles. The minimum Gasteiger partial charge on any atom is -0.0917 e. The van der Waals surface area contributed by atoms with Gasteiger partial charge in [-0.3, -0.25) is 0 Å². The van der Waals surface area contributed by atoms with Crippen molar-refractivity contribution in [2.45, 2.75) is 39.4 Å². The molecule has 1 aromatic carbocycles. The number of hydrogen-bond donors (Lipinski definition) is 0. The molecule has 1 rings (SSSR count). The molecule has 16 heavy (non-hydrogen) atoms.